The zero-order chi connectivity index (χ0) is 22.8. The highest BCUT2D eigenvalue weighted by molar-refractivity contribution is 5.99. The van der Waals surface area contributed by atoms with Gasteiger partial charge in [-0.05, 0) is 41.8 Å². The van der Waals surface area contributed by atoms with Gasteiger partial charge in [0.05, 0.1) is 20.8 Å². The van der Waals surface area contributed by atoms with Gasteiger partial charge >= 0.3 is 0 Å². The lowest BCUT2D eigenvalue weighted by Gasteiger charge is -2.25. The van der Waals surface area contributed by atoms with E-state index in [0.717, 1.165) is 16.8 Å². The van der Waals surface area contributed by atoms with E-state index in [4.69, 9.17) is 14.9 Å². The number of ether oxygens (including phenoxy) is 2. The summed E-state index contributed by atoms with van der Waals surface area (Å²) in [6.07, 6.45) is 1.03. The zero-order valence-corrected chi connectivity index (χ0v) is 18.5. The van der Waals surface area contributed by atoms with Crippen LogP contribution >= 0.6 is 0 Å². The molecule has 6 heteroatoms. The number of hydrogen-bond acceptors (Lipinski definition) is 4. The molecule has 0 aromatic heterocycles. The van der Waals surface area contributed by atoms with Gasteiger partial charge in [-0.1, -0.05) is 54.6 Å². The van der Waals surface area contributed by atoms with E-state index in [-0.39, 0.29) is 18.3 Å². The average molecular weight is 432 g/mol. The number of carbonyl (C=O) groups excluding carboxylic acids is 1. The van der Waals surface area contributed by atoms with Gasteiger partial charge in [-0.15, -0.1) is 0 Å². The minimum atomic E-state index is 0.0477. The Balaban J connectivity index is 1.63. The van der Waals surface area contributed by atoms with Gasteiger partial charge in [-0.3, -0.25) is 10.2 Å². The summed E-state index contributed by atoms with van der Waals surface area (Å²) in [5.74, 6) is 1.60. The van der Waals surface area contributed by atoms with Crippen LogP contribution < -0.4 is 19.7 Å². The third kappa shape index (κ3) is 6.35. The maximum absolute atomic E-state index is 12.7. The molecule has 0 saturated heterocycles. The van der Waals surface area contributed by atoms with Gasteiger partial charge < -0.3 is 19.7 Å². The molecular weight excluding hydrogens is 402 g/mol. The van der Waals surface area contributed by atoms with Gasteiger partial charge in [0.15, 0.2) is 23.2 Å². The van der Waals surface area contributed by atoms with Crippen molar-refractivity contribution >= 4 is 17.4 Å². The maximum Gasteiger partial charge on any atom is 0.196 e. The molecule has 0 amide bonds. The number of methoxy groups -OCH3 is 2. The number of anilines is 1. The van der Waals surface area contributed by atoms with Crippen molar-refractivity contribution in [1.29, 1.82) is 5.41 Å². The largest absolute Gasteiger partial charge is 0.493 e. The SMILES string of the molecule is COc1ccc(CCNC(=N)N(CC(=O)Cc2ccccc2)c2ccccc2)cc1OC. The van der Waals surface area contributed by atoms with Crippen molar-refractivity contribution in [3.8, 4) is 11.5 Å². The highest BCUT2D eigenvalue weighted by Crippen LogP contribution is 2.27. The molecule has 0 aliphatic carbocycles. The van der Waals surface area contributed by atoms with Crippen molar-refractivity contribution in [1.82, 2.24) is 5.32 Å². The van der Waals surface area contributed by atoms with Crippen molar-refractivity contribution in [2.75, 3.05) is 32.2 Å². The molecule has 0 heterocycles. The molecule has 0 saturated carbocycles. The Morgan fingerprint density at radius 1 is 0.875 bits per heavy atom. The summed E-state index contributed by atoms with van der Waals surface area (Å²) in [4.78, 5) is 14.4. The first-order chi connectivity index (χ1) is 15.6. The summed E-state index contributed by atoms with van der Waals surface area (Å²) in [7, 11) is 3.22. The average Bonchev–Trinajstić information content (AvgIpc) is 2.83. The molecular formula is C26H29N3O3. The van der Waals surface area contributed by atoms with Crippen LogP contribution in [-0.2, 0) is 17.6 Å². The van der Waals surface area contributed by atoms with Crippen molar-refractivity contribution in [2.24, 2.45) is 0 Å². The van der Waals surface area contributed by atoms with Crippen molar-refractivity contribution in [3.63, 3.8) is 0 Å². The predicted octanol–water partition coefficient (Wildman–Crippen LogP) is 4.09. The first-order valence-electron chi connectivity index (χ1n) is 10.5. The molecule has 166 valence electrons. The molecule has 0 unspecified atom stereocenters. The summed E-state index contributed by atoms with van der Waals surface area (Å²) in [5, 5.41) is 11.7. The maximum atomic E-state index is 12.7. The Kier molecular flexibility index (Phi) is 8.26. The molecule has 0 atom stereocenters. The van der Waals surface area contributed by atoms with Gasteiger partial charge in [-0.25, -0.2) is 0 Å². The Morgan fingerprint density at radius 3 is 2.19 bits per heavy atom. The monoisotopic (exact) mass is 431 g/mol. The Hall–Kier alpha value is -3.80. The molecule has 0 aliphatic rings. The predicted molar refractivity (Wildman–Crippen MR) is 128 cm³/mol. The molecule has 6 nitrogen and oxygen atoms in total. The Labute approximate surface area is 189 Å². The number of ketones is 1. The van der Waals surface area contributed by atoms with Crippen LogP contribution in [0.1, 0.15) is 11.1 Å². The quantitative estimate of drug-likeness (QED) is 0.374. The lowest BCUT2D eigenvalue weighted by molar-refractivity contribution is -0.117. The van der Waals surface area contributed by atoms with Crippen LogP contribution in [0.4, 0.5) is 5.69 Å². The van der Waals surface area contributed by atoms with Crippen LogP contribution in [0.2, 0.25) is 0 Å². The van der Waals surface area contributed by atoms with E-state index in [2.05, 4.69) is 5.32 Å². The summed E-state index contributed by atoms with van der Waals surface area (Å²) in [5.41, 5.74) is 2.84. The van der Waals surface area contributed by atoms with E-state index in [1.165, 1.54) is 0 Å². The summed E-state index contributed by atoms with van der Waals surface area (Å²) >= 11 is 0. The standard InChI is InChI=1S/C26H29N3O3/c1-31-24-14-13-21(18-25(24)32-2)15-16-28-26(27)29(22-11-7-4-8-12-22)19-23(30)17-20-9-5-3-6-10-20/h3-14,18H,15-17,19H2,1-2H3,(H2,27,28). The summed E-state index contributed by atoms with van der Waals surface area (Å²) < 4.78 is 10.6. The van der Waals surface area contributed by atoms with E-state index in [9.17, 15) is 4.79 Å². The molecule has 0 radical (unpaired) electrons. The molecule has 0 fully saturated rings. The molecule has 0 spiro atoms. The first kappa shape index (κ1) is 22.9. The lowest BCUT2D eigenvalue weighted by Crippen LogP contribution is -2.44. The topological polar surface area (TPSA) is 74.7 Å². The molecule has 0 aliphatic heterocycles. The fraction of sp³-hybridized carbons (Fsp3) is 0.231. The van der Waals surface area contributed by atoms with E-state index in [1.54, 1.807) is 19.1 Å². The number of benzene rings is 3. The number of hydrogen-bond donors (Lipinski definition) is 2. The Morgan fingerprint density at radius 2 is 1.53 bits per heavy atom. The van der Waals surface area contributed by atoms with Crippen LogP contribution in [0.3, 0.4) is 0 Å². The third-order valence-electron chi connectivity index (χ3n) is 5.07. The zero-order valence-electron chi connectivity index (χ0n) is 18.5. The second-order valence-corrected chi connectivity index (χ2v) is 7.34. The van der Waals surface area contributed by atoms with Crippen LogP contribution in [0, 0.1) is 5.41 Å². The molecule has 0 bridgehead atoms. The molecule has 2 N–H and O–H groups in total. The van der Waals surface area contributed by atoms with Crippen LogP contribution in [0.5, 0.6) is 11.5 Å². The number of guanidine groups is 1. The fourth-order valence-electron chi connectivity index (χ4n) is 3.42. The second kappa shape index (κ2) is 11.6. The highest BCUT2D eigenvalue weighted by atomic mass is 16.5. The molecule has 3 aromatic rings. The first-order valence-corrected chi connectivity index (χ1v) is 10.5. The van der Waals surface area contributed by atoms with E-state index in [0.29, 0.717) is 30.9 Å². The smallest absolute Gasteiger partial charge is 0.196 e. The number of para-hydroxylation sites is 1. The van der Waals surface area contributed by atoms with Crippen molar-refractivity contribution < 1.29 is 14.3 Å². The highest BCUT2D eigenvalue weighted by Gasteiger charge is 2.16. The number of rotatable bonds is 10. The van der Waals surface area contributed by atoms with Gasteiger partial charge in [0.1, 0.15) is 0 Å². The van der Waals surface area contributed by atoms with Gasteiger partial charge in [0.2, 0.25) is 0 Å². The van der Waals surface area contributed by atoms with Crippen molar-refractivity contribution in [2.45, 2.75) is 12.8 Å². The number of carbonyl (C=O) groups is 1. The van der Waals surface area contributed by atoms with Gasteiger partial charge in [0.25, 0.3) is 0 Å². The lowest BCUT2D eigenvalue weighted by atomic mass is 10.1. The van der Waals surface area contributed by atoms with Crippen LogP contribution in [-0.4, -0.2) is 39.1 Å². The van der Waals surface area contributed by atoms with Crippen molar-refractivity contribution in [3.05, 3.63) is 90.0 Å². The van der Waals surface area contributed by atoms with E-state index < -0.39 is 0 Å². The molecule has 3 rings (SSSR count). The van der Waals surface area contributed by atoms with E-state index in [1.807, 2.05) is 78.9 Å². The molecule has 3 aromatic carbocycles. The minimum Gasteiger partial charge on any atom is -0.493 e. The molecule has 32 heavy (non-hydrogen) atoms. The van der Waals surface area contributed by atoms with Gasteiger partial charge in [0, 0.05) is 18.7 Å². The normalized spacial score (nSPS) is 10.3. The summed E-state index contributed by atoms with van der Waals surface area (Å²) in [6, 6.07) is 25.0. The minimum absolute atomic E-state index is 0.0477. The van der Waals surface area contributed by atoms with Crippen LogP contribution in [0.15, 0.2) is 78.9 Å². The second-order valence-electron chi connectivity index (χ2n) is 7.34. The third-order valence-corrected chi connectivity index (χ3v) is 5.07. The van der Waals surface area contributed by atoms with Crippen LogP contribution in [0.25, 0.3) is 0 Å². The van der Waals surface area contributed by atoms with E-state index >= 15 is 0 Å². The number of nitrogens with one attached hydrogen (secondary N) is 2. The van der Waals surface area contributed by atoms with Gasteiger partial charge in [-0.2, -0.15) is 0 Å². The number of nitrogens with zero attached hydrogens (tertiary/aromatic N) is 1. The number of Topliss-reactive ketones (excluding diaryl/α,β-unsaturated/α-hetero) is 1. The summed E-state index contributed by atoms with van der Waals surface area (Å²) in [6.45, 7) is 0.672. The Bertz CT molecular complexity index is 1020. The fourth-order valence-corrected chi connectivity index (χ4v) is 3.42.